The molecular weight excluding hydrogens is 590 g/mol. The SMILES string of the molecule is COC(=O)C1=C(C)N=C(C)C(C(=O)OC)C1c1cccc(NC(=NCCNC2CCN(c3ccccc3SC)CC2)NC#N)c1. The highest BCUT2D eigenvalue weighted by Gasteiger charge is 2.42. The number of guanidine groups is 1. The fraction of sp³-hybridized carbons (Fsp3) is 0.424. The molecule has 2 atom stereocenters. The first-order valence-corrected chi connectivity index (χ1v) is 16.1. The lowest BCUT2D eigenvalue weighted by molar-refractivity contribution is -0.143. The number of nitrogens with zero attached hydrogens (tertiary/aromatic N) is 4. The molecule has 12 heteroatoms. The van der Waals surface area contributed by atoms with Crippen LogP contribution in [0.3, 0.4) is 0 Å². The van der Waals surface area contributed by atoms with Crippen molar-refractivity contribution in [3.63, 3.8) is 0 Å². The van der Waals surface area contributed by atoms with Gasteiger partial charge in [-0.3, -0.25) is 20.1 Å². The van der Waals surface area contributed by atoms with Gasteiger partial charge in [-0.15, -0.1) is 11.8 Å². The lowest BCUT2D eigenvalue weighted by Crippen LogP contribution is -2.43. The van der Waals surface area contributed by atoms with Gasteiger partial charge in [0.05, 0.1) is 32.0 Å². The van der Waals surface area contributed by atoms with Gasteiger partial charge in [-0.05, 0) is 62.8 Å². The van der Waals surface area contributed by atoms with Crippen molar-refractivity contribution in [1.82, 2.24) is 10.6 Å². The summed E-state index contributed by atoms with van der Waals surface area (Å²) in [5.41, 5.74) is 3.95. The second-order valence-corrected chi connectivity index (χ2v) is 11.7. The molecule has 11 nitrogen and oxygen atoms in total. The number of allylic oxidation sites excluding steroid dienone is 1. The average Bonchev–Trinajstić information content (AvgIpc) is 3.06. The van der Waals surface area contributed by atoms with Crippen molar-refractivity contribution in [3.8, 4) is 6.19 Å². The highest BCUT2D eigenvalue weighted by atomic mass is 32.2. The van der Waals surface area contributed by atoms with Gasteiger partial charge in [-0.2, -0.15) is 5.26 Å². The molecule has 238 valence electrons. The molecule has 0 aromatic heterocycles. The van der Waals surface area contributed by atoms with Crippen LogP contribution in [-0.4, -0.2) is 76.3 Å². The number of nitrogens with one attached hydrogen (secondary N) is 3. The molecule has 2 aromatic carbocycles. The fourth-order valence-electron chi connectivity index (χ4n) is 5.97. The number of thioether (sulfide) groups is 1. The van der Waals surface area contributed by atoms with Gasteiger partial charge in [-0.1, -0.05) is 24.3 Å². The zero-order chi connectivity index (χ0) is 32.3. The monoisotopic (exact) mass is 631 g/mol. The lowest BCUT2D eigenvalue weighted by atomic mass is 9.75. The molecule has 4 rings (SSSR count). The minimum Gasteiger partial charge on any atom is -0.468 e. The summed E-state index contributed by atoms with van der Waals surface area (Å²) in [5.74, 6) is -2.22. The Bertz CT molecular complexity index is 1510. The largest absolute Gasteiger partial charge is 0.468 e. The van der Waals surface area contributed by atoms with Gasteiger partial charge in [0.25, 0.3) is 0 Å². The van der Waals surface area contributed by atoms with Crippen LogP contribution in [0, 0.1) is 17.4 Å². The van der Waals surface area contributed by atoms with Crippen LogP contribution in [0.4, 0.5) is 11.4 Å². The minimum absolute atomic E-state index is 0.296. The molecule has 3 N–H and O–H groups in total. The Morgan fingerprint density at radius 3 is 2.56 bits per heavy atom. The summed E-state index contributed by atoms with van der Waals surface area (Å²) in [6.07, 6.45) is 6.14. The molecule has 2 aliphatic heterocycles. The third-order valence-corrected chi connectivity index (χ3v) is 8.89. The van der Waals surface area contributed by atoms with Crippen molar-refractivity contribution in [2.45, 2.75) is 43.5 Å². The number of anilines is 2. The smallest absolute Gasteiger partial charge is 0.336 e. The number of hydrogen-bond acceptors (Lipinski definition) is 10. The van der Waals surface area contributed by atoms with Crippen molar-refractivity contribution >= 4 is 46.7 Å². The Hall–Kier alpha value is -4.34. The number of para-hydroxylation sites is 1. The third kappa shape index (κ3) is 8.23. The molecule has 2 aliphatic rings. The molecule has 2 unspecified atom stereocenters. The van der Waals surface area contributed by atoms with Gasteiger partial charge in [-0.25, -0.2) is 4.79 Å². The molecule has 1 saturated heterocycles. The van der Waals surface area contributed by atoms with Crippen LogP contribution < -0.4 is 20.9 Å². The molecular formula is C33H41N7O4S. The number of rotatable bonds is 10. The summed E-state index contributed by atoms with van der Waals surface area (Å²) in [5, 5.41) is 18.8. The van der Waals surface area contributed by atoms with E-state index in [2.05, 4.69) is 61.4 Å². The Morgan fingerprint density at radius 2 is 1.87 bits per heavy atom. The lowest BCUT2D eigenvalue weighted by Gasteiger charge is -2.35. The summed E-state index contributed by atoms with van der Waals surface area (Å²) >= 11 is 1.78. The van der Waals surface area contributed by atoms with Gasteiger partial charge in [0.15, 0.2) is 6.19 Å². The molecule has 0 aliphatic carbocycles. The number of aliphatic imine (C=N–C) groups is 2. The molecule has 0 amide bonds. The highest BCUT2D eigenvalue weighted by Crippen LogP contribution is 2.40. The summed E-state index contributed by atoms with van der Waals surface area (Å²) < 4.78 is 10.1. The second-order valence-electron chi connectivity index (χ2n) is 10.8. The first-order chi connectivity index (χ1) is 21.8. The van der Waals surface area contributed by atoms with E-state index >= 15 is 0 Å². The Balaban J connectivity index is 1.41. The zero-order valence-electron chi connectivity index (χ0n) is 26.4. The molecule has 1 fully saturated rings. The van der Waals surface area contributed by atoms with Crippen molar-refractivity contribution in [2.75, 3.05) is 56.9 Å². The standard InChI is InChI=1S/C33H41N7O4S/c1-21-28(31(41)43-3)30(29(22(2)38-21)32(42)44-4)23-9-8-10-25(19-23)39-33(37-20-34)36-16-15-35-24-13-17-40(18-14-24)26-11-6-7-12-27(26)45-5/h6-12,19,24,28,30,35H,13-18H2,1-5H3,(H2,36,37,39). The van der Waals surface area contributed by atoms with Crippen molar-refractivity contribution in [2.24, 2.45) is 15.9 Å². The maximum Gasteiger partial charge on any atom is 0.336 e. The number of carbonyl (C=O) groups excluding carboxylic acids is 2. The number of carbonyl (C=O) groups is 2. The molecule has 45 heavy (non-hydrogen) atoms. The molecule has 0 bridgehead atoms. The van der Waals surface area contributed by atoms with E-state index in [1.165, 1.54) is 24.8 Å². The number of ether oxygens (including phenoxy) is 2. The fourth-order valence-corrected chi connectivity index (χ4v) is 6.59. The van der Waals surface area contributed by atoms with E-state index in [9.17, 15) is 14.9 Å². The van der Waals surface area contributed by atoms with Gasteiger partial charge in [0, 0.05) is 53.6 Å². The third-order valence-electron chi connectivity index (χ3n) is 8.11. The molecule has 0 radical (unpaired) electrons. The van der Waals surface area contributed by atoms with E-state index < -0.39 is 23.8 Å². The summed E-state index contributed by atoms with van der Waals surface area (Å²) in [6, 6.07) is 16.2. The number of hydrogen-bond donors (Lipinski definition) is 3. The number of esters is 2. The zero-order valence-corrected chi connectivity index (χ0v) is 27.2. The summed E-state index contributed by atoms with van der Waals surface area (Å²) in [6.45, 7) is 6.59. The number of methoxy groups -OCH3 is 2. The predicted octanol–water partition coefficient (Wildman–Crippen LogP) is 4.30. The first kappa shape index (κ1) is 33.6. The normalized spacial score (nSPS) is 19.0. The van der Waals surface area contributed by atoms with Crippen molar-refractivity contribution in [3.05, 3.63) is 65.4 Å². The van der Waals surface area contributed by atoms with Crippen LogP contribution in [0.1, 0.15) is 38.2 Å². The van der Waals surface area contributed by atoms with Crippen LogP contribution in [-0.2, 0) is 19.1 Å². The van der Waals surface area contributed by atoms with Crippen molar-refractivity contribution in [1.29, 1.82) is 5.26 Å². The van der Waals surface area contributed by atoms with E-state index in [0.717, 1.165) is 25.9 Å². The molecule has 0 spiro atoms. The maximum absolute atomic E-state index is 12.9. The second kappa shape index (κ2) is 16.1. The van der Waals surface area contributed by atoms with Crippen LogP contribution in [0.2, 0.25) is 0 Å². The molecule has 2 heterocycles. The van der Waals surface area contributed by atoms with Crippen molar-refractivity contribution < 1.29 is 19.1 Å². The Kier molecular flexibility index (Phi) is 12.0. The van der Waals surface area contributed by atoms with Gasteiger partial charge < -0.3 is 25.0 Å². The predicted molar refractivity (Wildman–Crippen MR) is 179 cm³/mol. The van der Waals surface area contributed by atoms with Gasteiger partial charge in [0.1, 0.15) is 5.92 Å². The highest BCUT2D eigenvalue weighted by molar-refractivity contribution is 7.98. The van der Waals surface area contributed by atoms with E-state index in [1.54, 1.807) is 25.6 Å². The van der Waals surface area contributed by atoms with Crippen LogP contribution in [0.5, 0.6) is 0 Å². The Labute approximate surface area is 269 Å². The van der Waals surface area contributed by atoms with E-state index in [1.807, 2.05) is 30.5 Å². The van der Waals surface area contributed by atoms with Gasteiger partial charge >= 0.3 is 11.9 Å². The summed E-state index contributed by atoms with van der Waals surface area (Å²) in [7, 11) is 2.61. The maximum atomic E-state index is 12.9. The summed E-state index contributed by atoms with van der Waals surface area (Å²) in [4.78, 5) is 38.5. The van der Waals surface area contributed by atoms with E-state index in [4.69, 9.17) is 9.47 Å². The topological polar surface area (TPSA) is 140 Å². The quantitative estimate of drug-likeness (QED) is 0.0661. The van der Waals surface area contributed by atoms with Crippen LogP contribution >= 0.6 is 11.8 Å². The number of benzene rings is 2. The van der Waals surface area contributed by atoms with Crippen LogP contribution in [0.15, 0.2) is 74.7 Å². The first-order valence-electron chi connectivity index (χ1n) is 14.9. The average molecular weight is 632 g/mol. The minimum atomic E-state index is -0.799. The molecule has 0 saturated carbocycles. The number of nitriles is 1. The van der Waals surface area contributed by atoms with E-state index in [0.29, 0.717) is 53.3 Å². The number of piperidine rings is 1. The molecule has 2 aromatic rings. The van der Waals surface area contributed by atoms with E-state index in [-0.39, 0.29) is 0 Å². The Morgan fingerprint density at radius 1 is 1.11 bits per heavy atom. The van der Waals surface area contributed by atoms with Crippen LogP contribution in [0.25, 0.3) is 0 Å². The van der Waals surface area contributed by atoms with Gasteiger partial charge in [0.2, 0.25) is 5.96 Å².